The van der Waals surface area contributed by atoms with Crippen LogP contribution in [0.3, 0.4) is 0 Å². The second-order valence-corrected chi connectivity index (χ2v) is 6.66. The minimum Gasteiger partial charge on any atom is -0.467 e. The largest absolute Gasteiger partial charge is 0.467 e. The zero-order valence-electron chi connectivity index (χ0n) is 12.6. The molecule has 20 heavy (non-hydrogen) atoms. The van der Waals surface area contributed by atoms with Crippen molar-refractivity contribution in [2.24, 2.45) is 0 Å². The van der Waals surface area contributed by atoms with Gasteiger partial charge in [0.05, 0.1) is 18.5 Å². The summed E-state index contributed by atoms with van der Waals surface area (Å²) in [6.07, 6.45) is 1.71. The molecule has 0 atom stereocenters. The van der Waals surface area contributed by atoms with Gasteiger partial charge in [0.1, 0.15) is 5.76 Å². The van der Waals surface area contributed by atoms with Crippen LogP contribution in [0.2, 0.25) is 0 Å². The van der Waals surface area contributed by atoms with Gasteiger partial charge < -0.3 is 14.6 Å². The van der Waals surface area contributed by atoms with Gasteiger partial charge in [0.2, 0.25) is 0 Å². The molecule has 2 aromatic rings. The van der Waals surface area contributed by atoms with E-state index in [1.165, 1.54) is 0 Å². The van der Waals surface area contributed by atoms with Gasteiger partial charge in [0, 0.05) is 24.0 Å². The van der Waals surface area contributed by atoms with E-state index in [1.54, 1.807) is 17.6 Å². The molecule has 0 saturated carbocycles. The zero-order chi connectivity index (χ0) is 14.6. The second-order valence-electron chi connectivity index (χ2n) is 5.82. The molecule has 0 bridgehead atoms. The Balaban J connectivity index is 1.99. The molecule has 4 nitrogen and oxygen atoms in total. The van der Waals surface area contributed by atoms with Crippen molar-refractivity contribution in [3.05, 3.63) is 35.2 Å². The van der Waals surface area contributed by atoms with Gasteiger partial charge in [-0.15, -0.1) is 11.3 Å². The molecule has 0 aliphatic carbocycles. The van der Waals surface area contributed by atoms with Crippen LogP contribution in [0.4, 0.5) is 5.13 Å². The molecule has 0 radical (unpaired) electrons. The number of anilines is 1. The minimum atomic E-state index is 0.113. The van der Waals surface area contributed by atoms with Gasteiger partial charge in [-0.25, -0.2) is 4.98 Å². The monoisotopic (exact) mass is 293 g/mol. The van der Waals surface area contributed by atoms with Gasteiger partial charge in [-0.1, -0.05) is 0 Å². The van der Waals surface area contributed by atoms with Gasteiger partial charge in [0.15, 0.2) is 5.13 Å². The van der Waals surface area contributed by atoms with Crippen LogP contribution in [0, 0.1) is 0 Å². The summed E-state index contributed by atoms with van der Waals surface area (Å²) < 4.78 is 5.41. The quantitative estimate of drug-likeness (QED) is 0.882. The molecule has 0 aliphatic rings. The van der Waals surface area contributed by atoms with E-state index in [0.29, 0.717) is 0 Å². The standard InChI is InChI=1S/C15H23N3OS/c1-5-18(10-13-7-6-8-19-13)14-17-12(11-20-14)9-16-15(2,3)4/h6-8,11,16H,5,9-10H2,1-4H3. The summed E-state index contributed by atoms with van der Waals surface area (Å²) in [4.78, 5) is 6.93. The first-order chi connectivity index (χ1) is 9.48. The molecular formula is C15H23N3OS. The third-order valence-corrected chi connectivity index (χ3v) is 3.87. The molecule has 0 spiro atoms. The van der Waals surface area contributed by atoms with Crippen molar-refractivity contribution >= 4 is 16.5 Å². The van der Waals surface area contributed by atoms with E-state index >= 15 is 0 Å². The van der Waals surface area contributed by atoms with Crippen molar-refractivity contribution in [2.75, 3.05) is 11.4 Å². The number of furan rings is 1. The smallest absolute Gasteiger partial charge is 0.185 e. The Morgan fingerprint density at radius 2 is 2.20 bits per heavy atom. The lowest BCUT2D eigenvalue weighted by Gasteiger charge is -2.20. The number of nitrogens with zero attached hydrogens (tertiary/aromatic N) is 2. The number of hydrogen-bond donors (Lipinski definition) is 1. The molecule has 1 N–H and O–H groups in total. The maximum absolute atomic E-state index is 5.41. The van der Waals surface area contributed by atoms with Crippen LogP contribution in [-0.2, 0) is 13.1 Å². The van der Waals surface area contributed by atoms with Crippen molar-refractivity contribution < 1.29 is 4.42 Å². The van der Waals surface area contributed by atoms with E-state index in [-0.39, 0.29) is 5.54 Å². The molecule has 0 saturated heterocycles. The summed E-state index contributed by atoms with van der Waals surface area (Å²) in [5.74, 6) is 0.969. The van der Waals surface area contributed by atoms with E-state index in [9.17, 15) is 0 Å². The maximum atomic E-state index is 5.41. The number of hydrogen-bond acceptors (Lipinski definition) is 5. The summed E-state index contributed by atoms with van der Waals surface area (Å²) in [5, 5.41) is 6.64. The molecule has 0 unspecified atom stereocenters. The van der Waals surface area contributed by atoms with Crippen molar-refractivity contribution in [3.63, 3.8) is 0 Å². The molecule has 0 fully saturated rings. The molecule has 5 heteroatoms. The Bertz CT molecular complexity index is 513. The van der Waals surface area contributed by atoms with E-state index in [4.69, 9.17) is 9.40 Å². The third kappa shape index (κ3) is 4.35. The number of nitrogens with one attached hydrogen (secondary N) is 1. The van der Waals surface area contributed by atoms with Gasteiger partial charge in [-0.2, -0.15) is 0 Å². The molecule has 0 aliphatic heterocycles. The van der Waals surface area contributed by atoms with Crippen molar-refractivity contribution in [1.82, 2.24) is 10.3 Å². The van der Waals surface area contributed by atoms with Gasteiger partial charge >= 0.3 is 0 Å². The van der Waals surface area contributed by atoms with Gasteiger partial charge in [0.25, 0.3) is 0 Å². The summed E-state index contributed by atoms with van der Waals surface area (Å²) >= 11 is 1.69. The molecule has 0 amide bonds. The van der Waals surface area contributed by atoms with Crippen LogP contribution in [-0.4, -0.2) is 17.1 Å². The summed E-state index contributed by atoms with van der Waals surface area (Å²) in [5.41, 5.74) is 1.21. The zero-order valence-corrected chi connectivity index (χ0v) is 13.5. The molecule has 2 rings (SSSR count). The SMILES string of the molecule is CCN(Cc1ccco1)c1nc(CNC(C)(C)C)cs1. The van der Waals surface area contributed by atoms with Crippen LogP contribution in [0.25, 0.3) is 0 Å². The third-order valence-electron chi connectivity index (χ3n) is 2.92. The number of rotatable bonds is 6. The summed E-state index contributed by atoms with van der Waals surface area (Å²) in [6.45, 7) is 11.1. The van der Waals surface area contributed by atoms with Crippen LogP contribution < -0.4 is 10.2 Å². The Morgan fingerprint density at radius 1 is 1.40 bits per heavy atom. The Labute approximate surface area is 124 Å². The first-order valence-electron chi connectivity index (χ1n) is 6.94. The van der Waals surface area contributed by atoms with E-state index in [0.717, 1.165) is 36.2 Å². The van der Waals surface area contributed by atoms with E-state index in [1.807, 2.05) is 12.1 Å². The summed E-state index contributed by atoms with van der Waals surface area (Å²) in [6, 6.07) is 3.92. The number of thiazole rings is 1. The van der Waals surface area contributed by atoms with Crippen molar-refractivity contribution in [3.8, 4) is 0 Å². The highest BCUT2D eigenvalue weighted by Crippen LogP contribution is 2.22. The highest BCUT2D eigenvalue weighted by molar-refractivity contribution is 7.13. The van der Waals surface area contributed by atoms with Crippen LogP contribution in [0.15, 0.2) is 28.2 Å². The second kappa shape index (κ2) is 6.41. The first-order valence-corrected chi connectivity index (χ1v) is 7.82. The highest BCUT2D eigenvalue weighted by Gasteiger charge is 2.13. The predicted molar refractivity (Wildman–Crippen MR) is 84.1 cm³/mol. The molecule has 110 valence electrons. The fourth-order valence-electron chi connectivity index (χ4n) is 1.78. The average molecular weight is 293 g/mol. The van der Waals surface area contributed by atoms with Crippen molar-refractivity contribution in [2.45, 2.75) is 46.3 Å². The topological polar surface area (TPSA) is 41.3 Å². The van der Waals surface area contributed by atoms with E-state index < -0.39 is 0 Å². The Morgan fingerprint density at radius 3 is 2.80 bits per heavy atom. The normalized spacial score (nSPS) is 11.8. The average Bonchev–Trinajstić information content (AvgIpc) is 3.04. The predicted octanol–water partition coefficient (Wildman–Crippen LogP) is 3.65. The lowest BCUT2D eigenvalue weighted by Crippen LogP contribution is -2.35. The molecule has 0 aromatic carbocycles. The lowest BCUT2D eigenvalue weighted by atomic mass is 10.1. The highest BCUT2D eigenvalue weighted by atomic mass is 32.1. The first kappa shape index (κ1) is 15.1. The Kier molecular flexibility index (Phi) is 4.83. The van der Waals surface area contributed by atoms with Crippen LogP contribution >= 0.6 is 11.3 Å². The van der Waals surface area contributed by atoms with Crippen LogP contribution in [0.5, 0.6) is 0 Å². The molecule has 2 heterocycles. The fraction of sp³-hybridized carbons (Fsp3) is 0.533. The fourth-order valence-corrected chi connectivity index (χ4v) is 2.67. The molecule has 2 aromatic heterocycles. The summed E-state index contributed by atoms with van der Waals surface area (Å²) in [7, 11) is 0. The van der Waals surface area contributed by atoms with Gasteiger partial charge in [-0.3, -0.25) is 0 Å². The van der Waals surface area contributed by atoms with E-state index in [2.05, 4.69) is 43.3 Å². The van der Waals surface area contributed by atoms with Crippen molar-refractivity contribution in [1.29, 1.82) is 0 Å². The number of aromatic nitrogens is 1. The minimum absolute atomic E-state index is 0.113. The maximum Gasteiger partial charge on any atom is 0.185 e. The Hall–Kier alpha value is -1.33. The van der Waals surface area contributed by atoms with Gasteiger partial charge in [-0.05, 0) is 39.8 Å². The lowest BCUT2D eigenvalue weighted by molar-refractivity contribution is 0.422. The molecular weight excluding hydrogens is 270 g/mol. The van der Waals surface area contributed by atoms with Crippen LogP contribution in [0.1, 0.15) is 39.1 Å².